The Morgan fingerprint density at radius 1 is 1.25 bits per heavy atom. The molecule has 0 radical (unpaired) electrons. The zero-order valence-electron chi connectivity index (χ0n) is 13.8. The Morgan fingerprint density at radius 2 is 2.00 bits per heavy atom. The summed E-state index contributed by atoms with van der Waals surface area (Å²) in [7, 11) is 1.61. The molecule has 1 aliphatic heterocycles. The van der Waals surface area contributed by atoms with Crippen LogP contribution >= 0.6 is 0 Å². The van der Waals surface area contributed by atoms with Crippen LogP contribution in [-0.4, -0.2) is 42.6 Å². The number of hydrogen-bond donors (Lipinski definition) is 1. The highest BCUT2D eigenvalue weighted by Crippen LogP contribution is 2.20. The Hall–Kier alpha value is -2.63. The molecule has 1 amide bonds. The molecule has 2 aromatic rings. The number of piperidine rings is 1. The van der Waals surface area contributed by atoms with Gasteiger partial charge in [-0.1, -0.05) is 0 Å². The highest BCUT2D eigenvalue weighted by molar-refractivity contribution is 5.94. The van der Waals surface area contributed by atoms with Crippen LogP contribution in [0, 0.1) is 5.92 Å². The van der Waals surface area contributed by atoms with Crippen LogP contribution in [0.3, 0.4) is 0 Å². The molecule has 2 heterocycles. The Morgan fingerprint density at radius 3 is 2.62 bits per heavy atom. The molecule has 0 atom stereocenters. The van der Waals surface area contributed by atoms with Crippen LogP contribution in [0.4, 0.5) is 5.82 Å². The van der Waals surface area contributed by atoms with E-state index in [2.05, 4.69) is 20.2 Å². The number of amides is 1. The van der Waals surface area contributed by atoms with Crippen molar-refractivity contribution >= 4 is 11.7 Å². The van der Waals surface area contributed by atoms with Gasteiger partial charge in [0.25, 0.3) is 5.91 Å². The first kappa shape index (κ1) is 16.2. The SMILES string of the molecule is COc1ccc(C(=O)NCC2CCN(c3cnccn3)CC2)cc1. The van der Waals surface area contributed by atoms with Crippen molar-refractivity contribution in [1.82, 2.24) is 15.3 Å². The summed E-state index contributed by atoms with van der Waals surface area (Å²) in [6.07, 6.45) is 7.28. The summed E-state index contributed by atoms with van der Waals surface area (Å²) in [5.41, 5.74) is 0.660. The van der Waals surface area contributed by atoms with Gasteiger partial charge in [0, 0.05) is 37.6 Å². The van der Waals surface area contributed by atoms with Crippen LogP contribution in [0.1, 0.15) is 23.2 Å². The molecular formula is C18H22N4O2. The number of anilines is 1. The van der Waals surface area contributed by atoms with Gasteiger partial charge >= 0.3 is 0 Å². The van der Waals surface area contributed by atoms with Crippen LogP contribution in [0.25, 0.3) is 0 Å². The molecular weight excluding hydrogens is 304 g/mol. The molecule has 0 spiro atoms. The molecule has 0 bridgehead atoms. The topological polar surface area (TPSA) is 67.3 Å². The average molecular weight is 326 g/mol. The first-order valence-electron chi connectivity index (χ1n) is 8.19. The molecule has 24 heavy (non-hydrogen) atoms. The Kier molecular flexibility index (Phi) is 5.25. The van der Waals surface area contributed by atoms with Gasteiger partial charge in [0.05, 0.1) is 13.3 Å². The van der Waals surface area contributed by atoms with Crippen molar-refractivity contribution in [3.8, 4) is 5.75 Å². The maximum Gasteiger partial charge on any atom is 0.251 e. The van der Waals surface area contributed by atoms with Gasteiger partial charge in [-0.3, -0.25) is 9.78 Å². The minimum atomic E-state index is -0.0333. The Labute approximate surface area is 141 Å². The van der Waals surface area contributed by atoms with E-state index < -0.39 is 0 Å². The fourth-order valence-corrected chi connectivity index (χ4v) is 2.90. The summed E-state index contributed by atoms with van der Waals surface area (Å²) in [6, 6.07) is 7.16. The van der Waals surface area contributed by atoms with Gasteiger partial charge in [0.1, 0.15) is 11.6 Å². The van der Waals surface area contributed by atoms with Crippen LogP contribution < -0.4 is 15.0 Å². The summed E-state index contributed by atoms with van der Waals surface area (Å²) in [5, 5.41) is 3.03. The molecule has 6 nitrogen and oxygen atoms in total. The zero-order chi connectivity index (χ0) is 16.8. The monoisotopic (exact) mass is 326 g/mol. The molecule has 1 aliphatic rings. The van der Waals surface area contributed by atoms with Crippen molar-refractivity contribution < 1.29 is 9.53 Å². The van der Waals surface area contributed by atoms with E-state index in [1.165, 1.54) is 0 Å². The van der Waals surface area contributed by atoms with Crippen molar-refractivity contribution in [2.24, 2.45) is 5.92 Å². The first-order chi connectivity index (χ1) is 11.8. The quantitative estimate of drug-likeness (QED) is 0.912. The summed E-state index contributed by atoms with van der Waals surface area (Å²) in [6.45, 7) is 2.60. The van der Waals surface area contributed by atoms with E-state index in [1.54, 1.807) is 50.0 Å². The molecule has 1 fully saturated rings. The number of benzene rings is 1. The van der Waals surface area contributed by atoms with Gasteiger partial charge in [-0.25, -0.2) is 4.98 Å². The first-order valence-corrected chi connectivity index (χ1v) is 8.19. The lowest BCUT2D eigenvalue weighted by Gasteiger charge is -2.32. The number of nitrogens with zero attached hydrogens (tertiary/aromatic N) is 3. The summed E-state index contributed by atoms with van der Waals surface area (Å²) in [5.74, 6) is 2.15. The van der Waals surface area contributed by atoms with Crippen LogP contribution in [-0.2, 0) is 0 Å². The number of ether oxygens (including phenoxy) is 1. The molecule has 0 saturated carbocycles. The largest absolute Gasteiger partial charge is 0.497 e. The van der Waals surface area contributed by atoms with Crippen molar-refractivity contribution in [1.29, 1.82) is 0 Å². The van der Waals surface area contributed by atoms with E-state index >= 15 is 0 Å². The molecule has 126 valence electrons. The lowest BCUT2D eigenvalue weighted by molar-refractivity contribution is 0.0945. The average Bonchev–Trinajstić information content (AvgIpc) is 2.67. The minimum Gasteiger partial charge on any atom is -0.497 e. The van der Waals surface area contributed by atoms with Crippen LogP contribution in [0.15, 0.2) is 42.9 Å². The lowest BCUT2D eigenvalue weighted by Crippen LogP contribution is -2.39. The van der Waals surface area contributed by atoms with Crippen molar-refractivity contribution in [3.05, 3.63) is 48.4 Å². The fraction of sp³-hybridized carbons (Fsp3) is 0.389. The third-order valence-electron chi connectivity index (χ3n) is 4.39. The van der Waals surface area contributed by atoms with E-state index in [0.29, 0.717) is 18.0 Å². The van der Waals surface area contributed by atoms with Gasteiger partial charge < -0.3 is 15.0 Å². The predicted octanol–water partition coefficient (Wildman–Crippen LogP) is 2.13. The number of carbonyl (C=O) groups excluding carboxylic acids is 1. The third-order valence-corrected chi connectivity index (χ3v) is 4.39. The molecule has 0 unspecified atom stereocenters. The van der Waals surface area contributed by atoms with Gasteiger partial charge in [-0.05, 0) is 43.0 Å². The summed E-state index contributed by atoms with van der Waals surface area (Å²) < 4.78 is 5.10. The van der Waals surface area contributed by atoms with Crippen molar-refractivity contribution in [2.45, 2.75) is 12.8 Å². The second kappa shape index (κ2) is 7.77. The summed E-state index contributed by atoms with van der Waals surface area (Å²) >= 11 is 0. The molecule has 1 aromatic heterocycles. The Bertz CT molecular complexity index is 652. The lowest BCUT2D eigenvalue weighted by atomic mass is 9.96. The second-order valence-corrected chi connectivity index (χ2v) is 5.93. The zero-order valence-corrected chi connectivity index (χ0v) is 13.8. The maximum absolute atomic E-state index is 12.2. The normalized spacial score (nSPS) is 15.1. The molecule has 6 heteroatoms. The summed E-state index contributed by atoms with van der Waals surface area (Å²) in [4.78, 5) is 22.9. The Balaban J connectivity index is 1.45. The predicted molar refractivity (Wildman–Crippen MR) is 92.3 cm³/mol. The smallest absolute Gasteiger partial charge is 0.251 e. The molecule has 1 aromatic carbocycles. The van der Waals surface area contributed by atoms with Crippen LogP contribution in [0.5, 0.6) is 5.75 Å². The van der Waals surface area contributed by atoms with Gasteiger partial charge in [0.15, 0.2) is 0 Å². The number of hydrogen-bond acceptors (Lipinski definition) is 5. The second-order valence-electron chi connectivity index (χ2n) is 5.93. The number of aromatic nitrogens is 2. The van der Waals surface area contributed by atoms with E-state index in [9.17, 15) is 4.79 Å². The number of rotatable bonds is 5. The van der Waals surface area contributed by atoms with Crippen LogP contribution in [0.2, 0.25) is 0 Å². The maximum atomic E-state index is 12.2. The van der Waals surface area contributed by atoms with Crippen molar-refractivity contribution in [3.63, 3.8) is 0 Å². The van der Waals surface area contributed by atoms with E-state index in [-0.39, 0.29) is 5.91 Å². The molecule has 3 rings (SSSR count). The number of methoxy groups -OCH3 is 1. The molecule has 1 saturated heterocycles. The third kappa shape index (κ3) is 4.01. The molecule has 0 aliphatic carbocycles. The molecule has 1 N–H and O–H groups in total. The number of nitrogens with one attached hydrogen (secondary N) is 1. The standard InChI is InChI=1S/C18H22N4O2/c1-24-16-4-2-15(3-5-16)18(23)21-12-14-6-10-22(11-7-14)17-13-19-8-9-20-17/h2-5,8-9,13-14H,6-7,10-12H2,1H3,(H,21,23). The minimum absolute atomic E-state index is 0.0333. The van der Waals surface area contributed by atoms with E-state index in [0.717, 1.165) is 37.5 Å². The highest BCUT2D eigenvalue weighted by atomic mass is 16.5. The van der Waals surface area contributed by atoms with Gasteiger partial charge in [-0.15, -0.1) is 0 Å². The van der Waals surface area contributed by atoms with E-state index in [4.69, 9.17) is 4.74 Å². The number of carbonyl (C=O) groups is 1. The van der Waals surface area contributed by atoms with Gasteiger partial charge in [-0.2, -0.15) is 0 Å². The highest BCUT2D eigenvalue weighted by Gasteiger charge is 2.20. The van der Waals surface area contributed by atoms with E-state index in [1.807, 2.05) is 0 Å². The fourth-order valence-electron chi connectivity index (χ4n) is 2.90. The van der Waals surface area contributed by atoms with Crippen molar-refractivity contribution in [2.75, 3.05) is 31.6 Å². The van der Waals surface area contributed by atoms with Gasteiger partial charge in [0.2, 0.25) is 0 Å².